The predicted octanol–water partition coefficient (Wildman–Crippen LogP) is 2.47. The second-order valence-corrected chi connectivity index (χ2v) is 4.39. The Morgan fingerprint density at radius 3 is 2.47 bits per heavy atom. The van der Waals surface area contributed by atoms with Gasteiger partial charge in [-0.05, 0) is 17.7 Å². The summed E-state index contributed by atoms with van der Waals surface area (Å²) in [6.45, 7) is 0. The highest BCUT2D eigenvalue weighted by Crippen LogP contribution is 2.39. The number of carbonyl (C=O) groups excluding carboxylic acids is 1. The van der Waals surface area contributed by atoms with E-state index in [1.807, 2.05) is 30.3 Å². The third-order valence-corrected chi connectivity index (χ3v) is 3.04. The van der Waals surface area contributed by atoms with E-state index in [1.54, 1.807) is 18.2 Å². The van der Waals surface area contributed by atoms with Gasteiger partial charge in [0.1, 0.15) is 11.9 Å². The first-order valence-corrected chi connectivity index (χ1v) is 6.05. The second-order valence-electron chi connectivity index (χ2n) is 4.39. The number of hydrogen-bond acceptors (Lipinski definition) is 3. The van der Waals surface area contributed by atoms with E-state index in [0.29, 0.717) is 5.69 Å². The van der Waals surface area contributed by atoms with Gasteiger partial charge in [0.15, 0.2) is 6.10 Å². The molecule has 1 aliphatic rings. The molecule has 2 aromatic carbocycles. The Morgan fingerprint density at radius 2 is 1.74 bits per heavy atom. The molecule has 0 saturated carbocycles. The van der Waals surface area contributed by atoms with Crippen molar-refractivity contribution in [3.63, 3.8) is 0 Å². The van der Waals surface area contributed by atoms with Crippen molar-refractivity contribution >= 4 is 11.6 Å². The van der Waals surface area contributed by atoms with Crippen LogP contribution in [0.5, 0.6) is 5.75 Å². The Balaban J connectivity index is 1.66. The molecule has 0 aliphatic carbocycles. The summed E-state index contributed by atoms with van der Waals surface area (Å²) in [5.41, 5.74) is 1.38. The van der Waals surface area contributed by atoms with Gasteiger partial charge in [-0.25, -0.2) is 0 Å². The lowest BCUT2D eigenvalue weighted by Crippen LogP contribution is -2.18. The van der Waals surface area contributed by atoms with Crippen molar-refractivity contribution in [3.05, 3.63) is 60.2 Å². The van der Waals surface area contributed by atoms with E-state index in [-0.39, 0.29) is 17.8 Å². The standard InChI is InChI=1S/C15H13NO3/c17-12-9-5-4-8-11(12)16-15(18)14-13(19-14)10-6-2-1-3-7-10/h1-9,13-14,17H,(H,16,18). The molecule has 0 spiro atoms. The molecule has 2 atom stereocenters. The van der Waals surface area contributed by atoms with Gasteiger partial charge in [-0.1, -0.05) is 42.5 Å². The van der Waals surface area contributed by atoms with Crippen molar-refractivity contribution in [3.8, 4) is 5.75 Å². The van der Waals surface area contributed by atoms with Gasteiger partial charge in [0.2, 0.25) is 0 Å². The first-order chi connectivity index (χ1) is 9.25. The summed E-state index contributed by atoms with van der Waals surface area (Å²) >= 11 is 0. The van der Waals surface area contributed by atoms with Crippen LogP contribution in [-0.4, -0.2) is 17.1 Å². The summed E-state index contributed by atoms with van der Waals surface area (Å²) in [7, 11) is 0. The Labute approximate surface area is 110 Å². The molecule has 3 rings (SSSR count). The second kappa shape index (κ2) is 4.74. The fourth-order valence-electron chi connectivity index (χ4n) is 1.99. The van der Waals surface area contributed by atoms with Gasteiger partial charge in [0, 0.05) is 0 Å². The van der Waals surface area contributed by atoms with Crippen LogP contribution < -0.4 is 5.32 Å². The lowest BCUT2D eigenvalue weighted by molar-refractivity contribution is -0.117. The number of rotatable bonds is 3. The number of aromatic hydroxyl groups is 1. The average molecular weight is 255 g/mol. The molecule has 0 aromatic heterocycles. The fourth-order valence-corrected chi connectivity index (χ4v) is 1.99. The molecule has 19 heavy (non-hydrogen) atoms. The molecule has 1 aliphatic heterocycles. The molecule has 2 N–H and O–H groups in total. The lowest BCUT2D eigenvalue weighted by atomic mass is 10.1. The molecule has 1 heterocycles. The lowest BCUT2D eigenvalue weighted by Gasteiger charge is -2.04. The number of carbonyl (C=O) groups is 1. The fraction of sp³-hybridized carbons (Fsp3) is 0.133. The van der Waals surface area contributed by atoms with Gasteiger partial charge >= 0.3 is 0 Å². The van der Waals surface area contributed by atoms with Crippen LogP contribution in [0.15, 0.2) is 54.6 Å². The van der Waals surface area contributed by atoms with E-state index in [4.69, 9.17) is 4.74 Å². The first-order valence-electron chi connectivity index (χ1n) is 6.05. The zero-order chi connectivity index (χ0) is 13.2. The van der Waals surface area contributed by atoms with Crippen molar-refractivity contribution < 1.29 is 14.6 Å². The van der Waals surface area contributed by atoms with Crippen molar-refractivity contribution in [1.29, 1.82) is 0 Å². The minimum Gasteiger partial charge on any atom is -0.506 e. The largest absolute Gasteiger partial charge is 0.506 e. The zero-order valence-electron chi connectivity index (χ0n) is 10.1. The zero-order valence-corrected chi connectivity index (χ0v) is 10.1. The minimum atomic E-state index is -0.484. The molecule has 2 aromatic rings. The van der Waals surface area contributed by atoms with E-state index < -0.39 is 6.10 Å². The quantitative estimate of drug-likeness (QED) is 0.654. The van der Waals surface area contributed by atoms with Gasteiger partial charge < -0.3 is 15.2 Å². The van der Waals surface area contributed by atoms with Crippen molar-refractivity contribution in [2.75, 3.05) is 5.32 Å². The molecule has 1 amide bonds. The van der Waals surface area contributed by atoms with Crippen molar-refractivity contribution in [2.45, 2.75) is 12.2 Å². The van der Waals surface area contributed by atoms with Crippen LogP contribution in [0.25, 0.3) is 0 Å². The molecule has 4 heteroatoms. The number of anilines is 1. The molecule has 0 bridgehead atoms. The van der Waals surface area contributed by atoms with Crippen LogP contribution in [0.2, 0.25) is 0 Å². The summed E-state index contributed by atoms with van der Waals surface area (Å²) in [5, 5.41) is 12.2. The molecule has 2 unspecified atom stereocenters. The van der Waals surface area contributed by atoms with E-state index in [9.17, 15) is 9.90 Å². The number of phenolic OH excluding ortho intramolecular Hbond substituents is 1. The normalized spacial score (nSPS) is 20.8. The van der Waals surface area contributed by atoms with Crippen LogP contribution in [0.4, 0.5) is 5.69 Å². The van der Waals surface area contributed by atoms with Gasteiger partial charge in [0.05, 0.1) is 5.69 Å². The topological polar surface area (TPSA) is 61.9 Å². The predicted molar refractivity (Wildman–Crippen MR) is 70.8 cm³/mol. The number of para-hydroxylation sites is 2. The molecule has 1 saturated heterocycles. The number of benzene rings is 2. The van der Waals surface area contributed by atoms with Gasteiger partial charge in [-0.3, -0.25) is 4.79 Å². The smallest absolute Gasteiger partial charge is 0.256 e. The SMILES string of the molecule is O=C(Nc1ccccc1O)C1OC1c1ccccc1. The molecule has 96 valence electrons. The number of epoxide rings is 1. The van der Waals surface area contributed by atoms with Crippen molar-refractivity contribution in [1.82, 2.24) is 0 Å². The van der Waals surface area contributed by atoms with E-state index in [0.717, 1.165) is 5.56 Å². The molecule has 0 radical (unpaired) electrons. The summed E-state index contributed by atoms with van der Waals surface area (Å²) in [5.74, 6) is -0.192. The van der Waals surface area contributed by atoms with Crippen LogP contribution in [0, 0.1) is 0 Å². The Hall–Kier alpha value is -2.33. The molecule has 1 fully saturated rings. The van der Waals surface area contributed by atoms with Crippen molar-refractivity contribution in [2.24, 2.45) is 0 Å². The molecular weight excluding hydrogens is 242 g/mol. The number of phenols is 1. The van der Waals surface area contributed by atoms with Gasteiger partial charge in [-0.2, -0.15) is 0 Å². The maximum absolute atomic E-state index is 12.0. The third kappa shape index (κ3) is 2.44. The highest BCUT2D eigenvalue weighted by molar-refractivity contribution is 5.97. The van der Waals surface area contributed by atoms with Gasteiger partial charge in [-0.15, -0.1) is 0 Å². The van der Waals surface area contributed by atoms with Crippen LogP contribution in [-0.2, 0) is 9.53 Å². The summed E-state index contributed by atoms with van der Waals surface area (Å²) in [6, 6.07) is 16.2. The summed E-state index contributed by atoms with van der Waals surface area (Å²) in [4.78, 5) is 12.0. The highest BCUT2D eigenvalue weighted by Gasteiger charge is 2.46. The van der Waals surface area contributed by atoms with Gasteiger partial charge in [0.25, 0.3) is 5.91 Å². The molecule has 4 nitrogen and oxygen atoms in total. The molecular formula is C15H13NO3. The number of nitrogens with one attached hydrogen (secondary N) is 1. The highest BCUT2D eigenvalue weighted by atomic mass is 16.6. The number of hydrogen-bond donors (Lipinski definition) is 2. The van der Waals surface area contributed by atoms with Crippen LogP contribution in [0.1, 0.15) is 11.7 Å². The van der Waals surface area contributed by atoms with E-state index >= 15 is 0 Å². The minimum absolute atomic E-state index is 0.0489. The maximum Gasteiger partial charge on any atom is 0.256 e. The van der Waals surface area contributed by atoms with E-state index in [1.165, 1.54) is 6.07 Å². The number of amides is 1. The average Bonchev–Trinajstić information content (AvgIpc) is 3.23. The van der Waals surface area contributed by atoms with Crippen LogP contribution in [0.3, 0.4) is 0 Å². The van der Waals surface area contributed by atoms with E-state index in [2.05, 4.69) is 5.32 Å². The third-order valence-electron chi connectivity index (χ3n) is 3.04. The number of ether oxygens (including phenoxy) is 1. The van der Waals surface area contributed by atoms with Crippen LogP contribution >= 0.6 is 0 Å². The first kappa shape index (κ1) is 11.7. The Bertz CT molecular complexity index is 597. The Morgan fingerprint density at radius 1 is 1.05 bits per heavy atom. The summed E-state index contributed by atoms with van der Waals surface area (Å²) in [6.07, 6.45) is -0.672. The maximum atomic E-state index is 12.0. The monoisotopic (exact) mass is 255 g/mol. The summed E-state index contributed by atoms with van der Waals surface area (Å²) < 4.78 is 5.38. The Kier molecular flexibility index (Phi) is 2.93.